The van der Waals surface area contributed by atoms with Gasteiger partial charge in [-0.25, -0.2) is 0 Å². The normalized spacial score (nSPS) is 12.1. The van der Waals surface area contributed by atoms with Crippen LogP contribution >= 0.6 is 11.8 Å². The van der Waals surface area contributed by atoms with Gasteiger partial charge in [0.2, 0.25) is 5.91 Å². The average molecular weight is 267 g/mol. The Morgan fingerprint density at radius 2 is 2.11 bits per heavy atom. The van der Waals surface area contributed by atoms with Crippen LogP contribution in [0.5, 0.6) is 0 Å². The maximum atomic E-state index is 11.7. The Morgan fingerprint density at radius 1 is 1.39 bits per heavy atom. The lowest BCUT2D eigenvalue weighted by atomic mass is 10.1. The van der Waals surface area contributed by atoms with Gasteiger partial charge in [-0.2, -0.15) is 0 Å². The molecular formula is C14H21NO2S. The predicted octanol–water partition coefficient (Wildman–Crippen LogP) is 2.45. The zero-order valence-corrected chi connectivity index (χ0v) is 11.6. The zero-order chi connectivity index (χ0) is 13.2. The van der Waals surface area contributed by atoms with Gasteiger partial charge in [-0.1, -0.05) is 25.1 Å². The summed E-state index contributed by atoms with van der Waals surface area (Å²) >= 11 is 1.69. The number of hydrogen-bond acceptors (Lipinski definition) is 3. The third kappa shape index (κ3) is 6.07. The van der Waals surface area contributed by atoms with Crippen molar-refractivity contribution in [2.75, 3.05) is 12.4 Å². The predicted molar refractivity (Wildman–Crippen MR) is 75.7 cm³/mol. The number of hydrogen-bond donors (Lipinski definition) is 2. The largest absolute Gasteiger partial charge is 0.396 e. The van der Waals surface area contributed by atoms with Gasteiger partial charge in [0.1, 0.15) is 0 Å². The van der Waals surface area contributed by atoms with E-state index in [0.717, 1.165) is 12.2 Å². The van der Waals surface area contributed by atoms with Crippen LogP contribution in [-0.2, 0) is 4.79 Å². The second kappa shape index (κ2) is 9.00. The fraction of sp³-hybridized carbons (Fsp3) is 0.500. The Labute approximate surface area is 113 Å². The number of amides is 1. The quantitative estimate of drug-likeness (QED) is 0.711. The molecular weight excluding hydrogens is 246 g/mol. The molecule has 0 aliphatic carbocycles. The topological polar surface area (TPSA) is 49.3 Å². The van der Waals surface area contributed by atoms with Gasteiger partial charge in [-0.05, 0) is 25.0 Å². The summed E-state index contributed by atoms with van der Waals surface area (Å²) in [7, 11) is 0. The lowest BCUT2D eigenvalue weighted by molar-refractivity contribution is -0.121. The standard InChI is InChI=1S/C14H21NO2S/c1-2-12(8-10-16)15-14(17)9-11-18-13-6-4-3-5-7-13/h3-7,12,16H,2,8-11H2,1H3,(H,15,17). The molecule has 0 spiro atoms. The van der Waals surface area contributed by atoms with Gasteiger partial charge < -0.3 is 10.4 Å². The van der Waals surface area contributed by atoms with Gasteiger partial charge in [-0.3, -0.25) is 4.79 Å². The number of carbonyl (C=O) groups excluding carboxylic acids is 1. The summed E-state index contributed by atoms with van der Waals surface area (Å²) in [6, 6.07) is 10.2. The first-order valence-corrected chi connectivity index (χ1v) is 7.33. The van der Waals surface area contributed by atoms with Crippen LogP contribution in [-0.4, -0.2) is 29.4 Å². The molecule has 1 atom stereocenters. The Morgan fingerprint density at radius 3 is 2.72 bits per heavy atom. The molecule has 1 unspecified atom stereocenters. The molecule has 0 heterocycles. The minimum absolute atomic E-state index is 0.0683. The van der Waals surface area contributed by atoms with Crippen LogP contribution in [0.2, 0.25) is 0 Å². The van der Waals surface area contributed by atoms with Gasteiger partial charge >= 0.3 is 0 Å². The summed E-state index contributed by atoms with van der Waals surface area (Å²) < 4.78 is 0. The number of aliphatic hydroxyl groups excluding tert-OH is 1. The SMILES string of the molecule is CCC(CCO)NC(=O)CCSc1ccccc1. The van der Waals surface area contributed by atoms with Crippen LogP contribution in [0.15, 0.2) is 35.2 Å². The molecule has 0 aliphatic heterocycles. The number of nitrogens with one attached hydrogen (secondary N) is 1. The Hall–Kier alpha value is -1.00. The molecule has 0 aromatic heterocycles. The zero-order valence-electron chi connectivity index (χ0n) is 10.8. The first kappa shape index (κ1) is 15.1. The summed E-state index contributed by atoms with van der Waals surface area (Å²) in [5.41, 5.74) is 0. The van der Waals surface area contributed by atoms with E-state index in [1.165, 1.54) is 4.90 Å². The maximum Gasteiger partial charge on any atom is 0.221 e. The summed E-state index contributed by atoms with van der Waals surface area (Å²) in [5, 5.41) is 11.8. The van der Waals surface area contributed by atoms with Crippen molar-refractivity contribution in [2.24, 2.45) is 0 Å². The Bertz CT molecular complexity index is 343. The highest BCUT2D eigenvalue weighted by Gasteiger charge is 2.09. The summed E-state index contributed by atoms with van der Waals surface area (Å²) in [5.74, 6) is 0.851. The molecule has 1 amide bonds. The fourth-order valence-corrected chi connectivity index (χ4v) is 2.49. The van der Waals surface area contributed by atoms with Crippen LogP contribution in [0.3, 0.4) is 0 Å². The van der Waals surface area contributed by atoms with Gasteiger partial charge in [0.25, 0.3) is 0 Å². The van der Waals surface area contributed by atoms with Crippen molar-refractivity contribution in [3.8, 4) is 0 Å². The first-order valence-electron chi connectivity index (χ1n) is 6.34. The van der Waals surface area contributed by atoms with Crippen molar-refractivity contribution in [1.82, 2.24) is 5.32 Å². The molecule has 1 aromatic carbocycles. The van der Waals surface area contributed by atoms with Crippen molar-refractivity contribution in [3.05, 3.63) is 30.3 Å². The second-order valence-electron chi connectivity index (χ2n) is 4.10. The molecule has 100 valence electrons. The molecule has 0 saturated carbocycles. The monoisotopic (exact) mass is 267 g/mol. The number of carbonyl (C=O) groups is 1. The smallest absolute Gasteiger partial charge is 0.221 e. The van der Waals surface area contributed by atoms with E-state index >= 15 is 0 Å². The molecule has 1 rings (SSSR count). The molecule has 1 aromatic rings. The van der Waals surface area contributed by atoms with Crippen molar-refractivity contribution >= 4 is 17.7 Å². The minimum Gasteiger partial charge on any atom is -0.396 e. The van der Waals surface area contributed by atoms with E-state index in [1.807, 2.05) is 37.3 Å². The highest BCUT2D eigenvalue weighted by Crippen LogP contribution is 2.17. The van der Waals surface area contributed by atoms with Crippen LogP contribution < -0.4 is 5.32 Å². The molecule has 0 aliphatic rings. The molecule has 0 radical (unpaired) electrons. The highest BCUT2D eigenvalue weighted by atomic mass is 32.2. The van der Waals surface area contributed by atoms with Gasteiger partial charge in [0.15, 0.2) is 0 Å². The van der Waals surface area contributed by atoms with Crippen LogP contribution in [0.25, 0.3) is 0 Å². The van der Waals surface area contributed by atoms with Gasteiger partial charge in [-0.15, -0.1) is 11.8 Å². The molecule has 0 bridgehead atoms. The van der Waals surface area contributed by atoms with E-state index in [-0.39, 0.29) is 18.6 Å². The first-order chi connectivity index (χ1) is 8.76. The molecule has 4 heteroatoms. The van der Waals surface area contributed by atoms with Crippen molar-refractivity contribution in [3.63, 3.8) is 0 Å². The number of aliphatic hydroxyl groups is 1. The molecule has 0 saturated heterocycles. The summed E-state index contributed by atoms with van der Waals surface area (Å²) in [6.45, 7) is 2.14. The van der Waals surface area contributed by atoms with Crippen LogP contribution in [0, 0.1) is 0 Å². The fourth-order valence-electron chi connectivity index (χ4n) is 1.61. The number of benzene rings is 1. The lowest BCUT2D eigenvalue weighted by Gasteiger charge is -2.15. The molecule has 0 fully saturated rings. The van der Waals surface area contributed by atoms with E-state index in [2.05, 4.69) is 5.32 Å². The number of rotatable bonds is 8. The maximum absolute atomic E-state index is 11.7. The summed E-state index contributed by atoms with van der Waals surface area (Å²) in [6.07, 6.45) is 2.01. The van der Waals surface area contributed by atoms with Crippen molar-refractivity contribution in [1.29, 1.82) is 0 Å². The van der Waals surface area contributed by atoms with Gasteiger partial charge in [0.05, 0.1) is 0 Å². The lowest BCUT2D eigenvalue weighted by Crippen LogP contribution is -2.35. The van der Waals surface area contributed by atoms with E-state index < -0.39 is 0 Å². The van der Waals surface area contributed by atoms with Gasteiger partial charge in [0, 0.05) is 29.7 Å². The molecule has 2 N–H and O–H groups in total. The van der Waals surface area contributed by atoms with Crippen LogP contribution in [0.4, 0.5) is 0 Å². The average Bonchev–Trinajstić information content (AvgIpc) is 2.39. The Balaban J connectivity index is 2.20. The van der Waals surface area contributed by atoms with E-state index in [9.17, 15) is 4.79 Å². The Kier molecular flexibility index (Phi) is 7.53. The highest BCUT2D eigenvalue weighted by molar-refractivity contribution is 7.99. The third-order valence-electron chi connectivity index (χ3n) is 2.68. The van der Waals surface area contributed by atoms with Crippen molar-refractivity contribution in [2.45, 2.75) is 37.1 Å². The minimum atomic E-state index is 0.0683. The van der Waals surface area contributed by atoms with Crippen LogP contribution in [0.1, 0.15) is 26.2 Å². The second-order valence-corrected chi connectivity index (χ2v) is 5.26. The third-order valence-corrected chi connectivity index (χ3v) is 3.69. The van der Waals surface area contributed by atoms with E-state index in [0.29, 0.717) is 12.8 Å². The molecule has 18 heavy (non-hydrogen) atoms. The summed E-state index contributed by atoms with van der Waals surface area (Å²) in [4.78, 5) is 12.9. The molecule has 3 nitrogen and oxygen atoms in total. The van der Waals surface area contributed by atoms with E-state index in [4.69, 9.17) is 5.11 Å². The van der Waals surface area contributed by atoms with Crippen molar-refractivity contribution < 1.29 is 9.90 Å². The number of thioether (sulfide) groups is 1. The van der Waals surface area contributed by atoms with E-state index in [1.54, 1.807) is 11.8 Å².